The van der Waals surface area contributed by atoms with Gasteiger partial charge >= 0.3 is 0 Å². The topological polar surface area (TPSA) is 151 Å². The van der Waals surface area contributed by atoms with Crippen LogP contribution in [0.4, 0.5) is 10.3 Å². The van der Waals surface area contributed by atoms with Crippen molar-refractivity contribution >= 4 is 34.6 Å². The number of aryl methyl sites for hydroxylation is 1. The largest absolute Gasteiger partial charge is 0.351 e. The van der Waals surface area contributed by atoms with E-state index < -0.39 is 11.7 Å². The number of fused-ring (bicyclic) bond motifs is 1. The number of pyridine rings is 1. The van der Waals surface area contributed by atoms with Crippen molar-refractivity contribution in [2.75, 3.05) is 57.7 Å². The molecule has 3 amide bonds. The van der Waals surface area contributed by atoms with Gasteiger partial charge in [-0.1, -0.05) is 30.3 Å². The third-order valence-corrected chi connectivity index (χ3v) is 13.3. The number of nitrogens with one attached hydrogen (secondary N) is 2. The molecule has 1 atom stereocenters. The molecule has 318 valence electrons. The number of hydrogen-bond acceptors (Lipinski definition) is 10. The van der Waals surface area contributed by atoms with Gasteiger partial charge in [0.15, 0.2) is 5.82 Å². The summed E-state index contributed by atoms with van der Waals surface area (Å²) in [6.07, 6.45) is 9.58. The number of aromatic nitrogens is 5. The molecule has 0 radical (unpaired) electrons. The predicted octanol–water partition coefficient (Wildman–Crippen LogP) is 4.84. The standard InChI is InChI=1S/C46H53FN10O4/c1-53-39-26-32(8-9-36(39)44(52-53)37-10-11-40(58)50-45(37)61)31-14-21-54(22-15-31)28-30-12-19-55(20-13-30)29-42(60)56-23-16-34(17-24-56)49-46-48-27-38(47)43(51-46)33-5-4-6-35(25-33)57-18-3-2-7-41(57)59/h2-9,18,25-27,30-31,34,37H,10-17,19-24,28-29H2,1H3,(H,48,49,51)(H,50,58,61). The second kappa shape index (κ2) is 17.7. The van der Waals surface area contributed by atoms with E-state index in [1.165, 1.54) is 22.4 Å². The fraction of sp³-hybridized carbons (Fsp3) is 0.457. The molecular formula is C46H53FN10O4. The number of nitrogens with zero attached hydrogens (tertiary/aromatic N) is 8. The molecule has 2 aromatic carbocycles. The second-order valence-corrected chi connectivity index (χ2v) is 17.2. The third kappa shape index (κ3) is 8.99. The summed E-state index contributed by atoms with van der Waals surface area (Å²) >= 11 is 0. The van der Waals surface area contributed by atoms with E-state index in [0.717, 1.165) is 87.8 Å². The number of imide groups is 1. The molecule has 1 unspecified atom stereocenters. The van der Waals surface area contributed by atoms with Gasteiger partial charge in [0.05, 0.1) is 29.9 Å². The second-order valence-electron chi connectivity index (χ2n) is 17.2. The lowest BCUT2D eigenvalue weighted by molar-refractivity contribution is -0.135. The van der Waals surface area contributed by atoms with Crippen LogP contribution in [0.1, 0.15) is 74.5 Å². The van der Waals surface area contributed by atoms with Gasteiger partial charge in [-0.3, -0.25) is 38.6 Å². The van der Waals surface area contributed by atoms with Crippen molar-refractivity contribution in [2.45, 2.75) is 69.2 Å². The van der Waals surface area contributed by atoms with E-state index >= 15 is 0 Å². The normalized spacial score (nSPS) is 20.3. The molecule has 3 aromatic heterocycles. The van der Waals surface area contributed by atoms with Crippen LogP contribution < -0.4 is 16.2 Å². The lowest BCUT2D eigenvalue weighted by Gasteiger charge is -2.38. The van der Waals surface area contributed by atoms with Crippen LogP contribution in [0, 0.1) is 11.7 Å². The van der Waals surface area contributed by atoms with Gasteiger partial charge in [0.25, 0.3) is 5.56 Å². The van der Waals surface area contributed by atoms with Gasteiger partial charge in [0.2, 0.25) is 23.7 Å². The highest BCUT2D eigenvalue weighted by molar-refractivity contribution is 6.02. The highest BCUT2D eigenvalue weighted by Gasteiger charge is 2.33. The average Bonchev–Trinajstić information content (AvgIpc) is 3.60. The predicted molar refractivity (Wildman–Crippen MR) is 230 cm³/mol. The zero-order chi connectivity index (χ0) is 42.0. The highest BCUT2D eigenvalue weighted by atomic mass is 19.1. The molecule has 4 fully saturated rings. The van der Waals surface area contributed by atoms with Crippen molar-refractivity contribution in [1.82, 2.24) is 44.3 Å². The molecule has 9 rings (SSSR count). The van der Waals surface area contributed by atoms with Gasteiger partial charge < -0.3 is 15.1 Å². The minimum atomic E-state index is -0.546. The average molecular weight is 829 g/mol. The van der Waals surface area contributed by atoms with E-state index in [1.807, 2.05) is 16.6 Å². The van der Waals surface area contributed by atoms with Gasteiger partial charge in [0.1, 0.15) is 5.69 Å². The summed E-state index contributed by atoms with van der Waals surface area (Å²) in [5.74, 6) is 0.212. The molecule has 4 aliphatic rings. The first-order valence-corrected chi connectivity index (χ1v) is 21.8. The quantitative estimate of drug-likeness (QED) is 0.188. The number of halogens is 1. The Bertz CT molecular complexity index is 2480. The number of anilines is 1. The Morgan fingerprint density at radius 1 is 0.869 bits per heavy atom. The molecule has 4 saturated heterocycles. The monoisotopic (exact) mass is 828 g/mol. The fourth-order valence-corrected chi connectivity index (χ4v) is 9.74. The number of amides is 3. The van der Waals surface area contributed by atoms with E-state index in [-0.39, 0.29) is 35.0 Å². The Kier molecular flexibility index (Phi) is 11.8. The zero-order valence-corrected chi connectivity index (χ0v) is 34.6. The first-order valence-electron chi connectivity index (χ1n) is 21.8. The summed E-state index contributed by atoms with van der Waals surface area (Å²) in [5.41, 5.74) is 4.25. The van der Waals surface area contributed by atoms with Crippen LogP contribution in [0.15, 0.2) is 77.9 Å². The third-order valence-electron chi connectivity index (χ3n) is 13.3. The van der Waals surface area contributed by atoms with Crippen LogP contribution in [-0.4, -0.2) is 115 Å². The molecule has 0 aliphatic carbocycles. The zero-order valence-electron chi connectivity index (χ0n) is 34.6. The van der Waals surface area contributed by atoms with Gasteiger partial charge in [-0.05, 0) is 113 Å². The van der Waals surface area contributed by atoms with Gasteiger partial charge in [-0.15, -0.1) is 0 Å². The first-order chi connectivity index (χ1) is 29.6. The molecule has 0 spiro atoms. The van der Waals surface area contributed by atoms with Gasteiger partial charge in [-0.25, -0.2) is 14.4 Å². The molecule has 5 aromatic rings. The van der Waals surface area contributed by atoms with E-state index in [9.17, 15) is 23.6 Å². The Morgan fingerprint density at radius 2 is 1.66 bits per heavy atom. The lowest BCUT2D eigenvalue weighted by Crippen LogP contribution is -2.48. The van der Waals surface area contributed by atoms with Gasteiger partial charge in [0, 0.05) is 68.0 Å². The number of carbonyl (C=O) groups excluding carboxylic acids is 3. The molecule has 2 N–H and O–H groups in total. The molecule has 14 nitrogen and oxygen atoms in total. The maximum absolute atomic E-state index is 15.0. The van der Waals surface area contributed by atoms with Crippen molar-refractivity contribution in [3.8, 4) is 16.9 Å². The van der Waals surface area contributed by atoms with Crippen LogP contribution >= 0.6 is 0 Å². The van der Waals surface area contributed by atoms with Gasteiger partial charge in [-0.2, -0.15) is 5.10 Å². The summed E-state index contributed by atoms with van der Waals surface area (Å²) < 4.78 is 18.4. The summed E-state index contributed by atoms with van der Waals surface area (Å²) in [4.78, 5) is 65.6. The minimum absolute atomic E-state index is 0.0576. The molecule has 7 heterocycles. The smallest absolute Gasteiger partial charge is 0.255 e. The van der Waals surface area contributed by atoms with E-state index in [1.54, 1.807) is 42.6 Å². The maximum atomic E-state index is 15.0. The Hall–Kier alpha value is -5.80. The van der Waals surface area contributed by atoms with Crippen molar-refractivity contribution in [3.05, 3.63) is 100 Å². The number of benzene rings is 2. The molecule has 15 heteroatoms. The number of hydrogen-bond donors (Lipinski definition) is 2. The van der Waals surface area contributed by atoms with Crippen LogP contribution in [0.25, 0.3) is 27.8 Å². The first kappa shape index (κ1) is 40.6. The minimum Gasteiger partial charge on any atom is -0.351 e. The lowest BCUT2D eigenvalue weighted by atomic mass is 9.87. The van der Waals surface area contributed by atoms with E-state index in [0.29, 0.717) is 61.5 Å². The number of likely N-dealkylation sites (tertiary alicyclic amines) is 3. The molecule has 4 aliphatic heterocycles. The number of rotatable bonds is 10. The summed E-state index contributed by atoms with van der Waals surface area (Å²) in [6.45, 7) is 6.85. The van der Waals surface area contributed by atoms with Crippen molar-refractivity contribution in [3.63, 3.8) is 0 Å². The Balaban J connectivity index is 0.703. The number of piperidine rings is 4. The summed E-state index contributed by atoms with van der Waals surface area (Å²) in [7, 11) is 1.93. The van der Waals surface area contributed by atoms with E-state index in [2.05, 4.69) is 48.6 Å². The number of carbonyl (C=O) groups is 3. The molecule has 0 saturated carbocycles. The van der Waals surface area contributed by atoms with Crippen LogP contribution in [0.5, 0.6) is 0 Å². The highest BCUT2D eigenvalue weighted by Crippen LogP contribution is 2.35. The summed E-state index contributed by atoms with van der Waals surface area (Å²) in [5, 5.41) is 11.5. The molecule has 0 bridgehead atoms. The van der Waals surface area contributed by atoms with Crippen LogP contribution in [0.2, 0.25) is 0 Å². The van der Waals surface area contributed by atoms with E-state index in [4.69, 9.17) is 5.10 Å². The SMILES string of the molecule is Cn1nc(C2CCC(=O)NC2=O)c2ccc(C3CCN(CC4CCN(CC(=O)N5CCC(Nc6ncc(F)c(-c7cccc(-n8ccccc8=O)c7)n6)CC5)CC4)CC3)cc21. The van der Waals surface area contributed by atoms with Crippen molar-refractivity contribution < 1.29 is 18.8 Å². The van der Waals surface area contributed by atoms with Crippen molar-refractivity contribution in [1.29, 1.82) is 0 Å². The Labute approximate surface area is 354 Å². The summed E-state index contributed by atoms with van der Waals surface area (Å²) in [6, 6.07) is 18.6. The molecular weight excluding hydrogens is 776 g/mol. The Morgan fingerprint density at radius 3 is 2.43 bits per heavy atom. The fourth-order valence-electron chi connectivity index (χ4n) is 9.74. The van der Waals surface area contributed by atoms with Crippen molar-refractivity contribution in [2.24, 2.45) is 13.0 Å². The maximum Gasteiger partial charge on any atom is 0.255 e. The van der Waals surface area contributed by atoms with Crippen LogP contribution in [-0.2, 0) is 21.4 Å². The van der Waals surface area contributed by atoms with Crippen LogP contribution in [0.3, 0.4) is 0 Å². The molecule has 61 heavy (non-hydrogen) atoms.